The lowest BCUT2D eigenvalue weighted by Gasteiger charge is -2.14. The number of rotatable bonds is 5. The van der Waals surface area contributed by atoms with Gasteiger partial charge in [-0.1, -0.05) is 36.4 Å². The van der Waals surface area contributed by atoms with Gasteiger partial charge in [0, 0.05) is 11.4 Å². The number of para-hydroxylation sites is 3. The fourth-order valence-corrected chi connectivity index (χ4v) is 2.51. The molecule has 4 aromatic rings. The average Bonchev–Trinajstić information content (AvgIpc) is 2.67. The van der Waals surface area contributed by atoms with Crippen LogP contribution in [0.25, 0.3) is 11.0 Å². The molecule has 6 heteroatoms. The summed E-state index contributed by atoms with van der Waals surface area (Å²) in [6.07, 6.45) is 0. The van der Waals surface area contributed by atoms with Crippen LogP contribution in [0, 0.1) is 0 Å². The summed E-state index contributed by atoms with van der Waals surface area (Å²) in [5.41, 5.74) is 11.8. The molecule has 0 fully saturated rings. The molecule has 1 heterocycles. The molecule has 4 N–H and O–H groups in total. The van der Waals surface area contributed by atoms with Crippen molar-refractivity contribution in [2.24, 2.45) is 0 Å². The average molecular weight is 343 g/mol. The third-order valence-electron chi connectivity index (χ3n) is 3.73. The van der Waals surface area contributed by atoms with Gasteiger partial charge in [-0.3, -0.25) is 0 Å². The van der Waals surface area contributed by atoms with E-state index in [0.717, 1.165) is 16.7 Å². The highest BCUT2D eigenvalue weighted by molar-refractivity contribution is 5.81. The van der Waals surface area contributed by atoms with Gasteiger partial charge in [0.25, 0.3) is 0 Å². The molecule has 0 unspecified atom stereocenters. The van der Waals surface area contributed by atoms with Crippen molar-refractivity contribution in [3.8, 4) is 5.75 Å². The summed E-state index contributed by atoms with van der Waals surface area (Å²) >= 11 is 0. The number of anilines is 4. The van der Waals surface area contributed by atoms with E-state index >= 15 is 0 Å². The van der Waals surface area contributed by atoms with Crippen LogP contribution >= 0.6 is 0 Å². The van der Waals surface area contributed by atoms with Gasteiger partial charge in [-0.15, -0.1) is 0 Å². The maximum Gasteiger partial charge on any atom is 0.204 e. The van der Waals surface area contributed by atoms with E-state index in [1.165, 1.54) is 0 Å². The predicted molar refractivity (Wildman–Crippen MR) is 104 cm³/mol. The summed E-state index contributed by atoms with van der Waals surface area (Å²) in [5, 5.41) is 3.25. The summed E-state index contributed by atoms with van der Waals surface area (Å²) in [6, 6.07) is 24.5. The van der Waals surface area contributed by atoms with Crippen LogP contribution < -0.4 is 21.4 Å². The molecule has 0 aliphatic carbocycles. The van der Waals surface area contributed by atoms with Gasteiger partial charge in [-0.25, -0.2) is 15.4 Å². The molecule has 0 bridgehead atoms. The molecule has 3 aromatic carbocycles. The molecule has 0 atom stereocenters. The van der Waals surface area contributed by atoms with Crippen LogP contribution in [0.15, 0.2) is 78.9 Å². The van der Waals surface area contributed by atoms with Crippen LogP contribution in [0.4, 0.5) is 23.0 Å². The molecule has 4 rings (SSSR count). The molecule has 0 aliphatic rings. The van der Waals surface area contributed by atoms with Gasteiger partial charge >= 0.3 is 0 Å². The lowest BCUT2D eigenvalue weighted by molar-refractivity contribution is 0.403. The van der Waals surface area contributed by atoms with E-state index in [1.54, 1.807) is 0 Å². The molecular formula is C20H17N5O. The minimum atomic E-state index is 0.481. The molecule has 0 saturated carbocycles. The first kappa shape index (κ1) is 15.7. The summed E-state index contributed by atoms with van der Waals surface area (Å²) in [7, 11) is 0. The topological polar surface area (TPSA) is 85.1 Å². The minimum absolute atomic E-state index is 0.481. The number of nitrogens with zero attached hydrogens (tertiary/aromatic N) is 2. The van der Waals surface area contributed by atoms with E-state index in [0.29, 0.717) is 23.1 Å². The Balaban J connectivity index is 1.68. The van der Waals surface area contributed by atoms with Crippen molar-refractivity contribution in [3.05, 3.63) is 78.9 Å². The second-order valence-electron chi connectivity index (χ2n) is 5.68. The molecule has 0 spiro atoms. The van der Waals surface area contributed by atoms with Crippen molar-refractivity contribution in [1.82, 2.24) is 9.97 Å². The maximum atomic E-state index is 5.86. The van der Waals surface area contributed by atoms with Gasteiger partial charge in [-0.2, -0.15) is 0 Å². The maximum absolute atomic E-state index is 5.86. The highest BCUT2D eigenvalue weighted by Crippen LogP contribution is 2.26. The zero-order valence-electron chi connectivity index (χ0n) is 13.9. The van der Waals surface area contributed by atoms with Crippen molar-refractivity contribution in [3.63, 3.8) is 0 Å². The molecule has 128 valence electrons. The Morgan fingerprint density at radius 3 is 2.15 bits per heavy atom. The molecule has 0 radical (unpaired) electrons. The van der Waals surface area contributed by atoms with Crippen LogP contribution in [-0.4, -0.2) is 9.97 Å². The second-order valence-corrected chi connectivity index (χ2v) is 5.68. The van der Waals surface area contributed by atoms with E-state index in [9.17, 15) is 0 Å². The summed E-state index contributed by atoms with van der Waals surface area (Å²) in [6.45, 7) is 0. The largest absolute Gasteiger partial charge is 0.399 e. The predicted octanol–water partition coefficient (Wildman–Crippen LogP) is 4.36. The van der Waals surface area contributed by atoms with Gasteiger partial charge in [0.15, 0.2) is 11.6 Å². The molecule has 6 nitrogen and oxygen atoms in total. The number of aromatic nitrogens is 2. The standard InChI is InChI=1S/C20H17N5O/c21-14-7-6-8-15(13-14)22-19-20(25-26-16-9-2-1-3-10-16)24-18-12-5-4-11-17(18)23-19/h1-13H,21H2,(H,22,23)(H,24,25). The van der Waals surface area contributed by atoms with Crippen LogP contribution in [0.3, 0.4) is 0 Å². The lowest BCUT2D eigenvalue weighted by Crippen LogP contribution is -2.10. The van der Waals surface area contributed by atoms with Gasteiger partial charge in [0.05, 0.1) is 11.0 Å². The quantitative estimate of drug-likeness (QED) is 0.369. The number of nitrogens with two attached hydrogens (primary N) is 1. The Morgan fingerprint density at radius 2 is 1.42 bits per heavy atom. The zero-order valence-corrected chi connectivity index (χ0v) is 13.9. The fourth-order valence-electron chi connectivity index (χ4n) is 2.51. The third kappa shape index (κ3) is 3.49. The highest BCUT2D eigenvalue weighted by Gasteiger charge is 2.10. The zero-order chi connectivity index (χ0) is 17.8. The van der Waals surface area contributed by atoms with E-state index in [1.807, 2.05) is 78.9 Å². The van der Waals surface area contributed by atoms with Crippen molar-refractivity contribution < 1.29 is 4.84 Å². The first-order chi connectivity index (χ1) is 12.8. The Hall–Kier alpha value is -3.80. The summed E-state index contributed by atoms with van der Waals surface area (Å²) < 4.78 is 0. The Kier molecular flexibility index (Phi) is 4.22. The molecule has 1 aromatic heterocycles. The Morgan fingerprint density at radius 1 is 0.731 bits per heavy atom. The molecule has 0 saturated heterocycles. The molecule has 0 amide bonds. The highest BCUT2D eigenvalue weighted by atomic mass is 16.6. The number of nitrogen functional groups attached to an aromatic ring is 1. The third-order valence-corrected chi connectivity index (χ3v) is 3.73. The first-order valence-corrected chi connectivity index (χ1v) is 8.15. The van der Waals surface area contributed by atoms with Gasteiger partial charge < -0.3 is 15.9 Å². The normalized spacial score (nSPS) is 10.5. The monoisotopic (exact) mass is 343 g/mol. The number of fused-ring (bicyclic) bond motifs is 1. The number of hydrogen-bond acceptors (Lipinski definition) is 6. The minimum Gasteiger partial charge on any atom is -0.399 e. The summed E-state index contributed by atoms with van der Waals surface area (Å²) in [4.78, 5) is 14.9. The van der Waals surface area contributed by atoms with Crippen LogP contribution in [0.5, 0.6) is 5.75 Å². The van der Waals surface area contributed by atoms with Gasteiger partial charge in [0.1, 0.15) is 0 Å². The van der Waals surface area contributed by atoms with E-state index in [-0.39, 0.29) is 0 Å². The SMILES string of the molecule is Nc1cccc(Nc2nc3ccccc3nc2NOc2ccccc2)c1. The smallest absolute Gasteiger partial charge is 0.204 e. The Labute approximate surface area is 150 Å². The molecule has 0 aliphatic heterocycles. The van der Waals surface area contributed by atoms with Crippen molar-refractivity contribution in [1.29, 1.82) is 0 Å². The molecule has 26 heavy (non-hydrogen) atoms. The number of hydrogen-bond donors (Lipinski definition) is 3. The second kappa shape index (κ2) is 6.98. The van der Waals surface area contributed by atoms with Gasteiger partial charge in [0.2, 0.25) is 5.82 Å². The van der Waals surface area contributed by atoms with E-state index < -0.39 is 0 Å². The van der Waals surface area contributed by atoms with Crippen LogP contribution in [0.1, 0.15) is 0 Å². The summed E-state index contributed by atoms with van der Waals surface area (Å²) in [5.74, 6) is 1.71. The molecular weight excluding hydrogens is 326 g/mol. The van der Waals surface area contributed by atoms with Crippen LogP contribution in [0.2, 0.25) is 0 Å². The van der Waals surface area contributed by atoms with Crippen molar-refractivity contribution >= 4 is 34.0 Å². The van der Waals surface area contributed by atoms with Crippen LogP contribution in [-0.2, 0) is 0 Å². The number of nitrogens with one attached hydrogen (secondary N) is 2. The van der Waals surface area contributed by atoms with Gasteiger partial charge in [-0.05, 0) is 42.5 Å². The van der Waals surface area contributed by atoms with Crippen molar-refractivity contribution in [2.45, 2.75) is 0 Å². The van der Waals surface area contributed by atoms with Crippen molar-refractivity contribution in [2.75, 3.05) is 16.5 Å². The first-order valence-electron chi connectivity index (χ1n) is 8.15. The fraction of sp³-hybridized carbons (Fsp3) is 0. The van der Waals surface area contributed by atoms with E-state index in [2.05, 4.69) is 20.8 Å². The lowest BCUT2D eigenvalue weighted by atomic mass is 10.2. The number of benzene rings is 3. The van der Waals surface area contributed by atoms with E-state index in [4.69, 9.17) is 10.6 Å². The Bertz CT molecular complexity index is 1040.